The Labute approximate surface area is 138 Å². The van der Waals surface area contributed by atoms with Gasteiger partial charge in [0.2, 0.25) is 5.91 Å². The van der Waals surface area contributed by atoms with Crippen molar-refractivity contribution in [3.8, 4) is 0 Å². The number of fused-ring (bicyclic) bond motifs is 1. The first-order valence-corrected chi connectivity index (χ1v) is 7.89. The maximum atomic E-state index is 12.4. The van der Waals surface area contributed by atoms with Crippen molar-refractivity contribution in [2.45, 2.75) is 38.8 Å². The molecule has 0 bridgehead atoms. The number of nitrogens with zero attached hydrogens (tertiary/aromatic N) is 1. The molecule has 0 saturated carbocycles. The summed E-state index contributed by atoms with van der Waals surface area (Å²) in [6.07, 6.45) is 0.329. The van der Waals surface area contributed by atoms with Gasteiger partial charge in [0.05, 0.1) is 11.6 Å². The highest BCUT2D eigenvalue weighted by atomic mass is 32.1. The number of aromatic amines is 1. The molecule has 1 aliphatic heterocycles. The Bertz CT molecular complexity index is 831. The molecular weight excluding hydrogens is 314 g/mol. The van der Waals surface area contributed by atoms with E-state index < -0.39 is 0 Å². The van der Waals surface area contributed by atoms with Crippen LogP contribution < -0.4 is 5.32 Å². The predicted octanol–water partition coefficient (Wildman–Crippen LogP) is 2.62. The third-order valence-corrected chi connectivity index (χ3v) is 4.14. The van der Waals surface area contributed by atoms with Crippen molar-refractivity contribution < 1.29 is 14.0 Å². The van der Waals surface area contributed by atoms with Crippen LogP contribution in [-0.4, -0.2) is 39.8 Å². The summed E-state index contributed by atoms with van der Waals surface area (Å²) in [4.78, 5) is 29.4. The van der Waals surface area contributed by atoms with Crippen molar-refractivity contribution in [2.75, 3.05) is 6.54 Å². The fourth-order valence-corrected chi connectivity index (χ4v) is 3.01. The van der Waals surface area contributed by atoms with Gasteiger partial charge < -0.3 is 19.6 Å². The fourth-order valence-electron chi connectivity index (χ4n) is 2.81. The van der Waals surface area contributed by atoms with E-state index in [1.54, 1.807) is 23.1 Å². The average Bonchev–Trinajstić information content (AvgIpc) is 2.98. The molecule has 1 aliphatic rings. The van der Waals surface area contributed by atoms with Crippen molar-refractivity contribution in [3.63, 3.8) is 0 Å². The lowest BCUT2D eigenvalue weighted by Gasteiger charge is -2.32. The van der Waals surface area contributed by atoms with E-state index in [1.807, 2.05) is 20.8 Å². The minimum Gasteiger partial charge on any atom is -0.429 e. The number of rotatable bonds is 2. The number of oxazole rings is 1. The second-order valence-corrected chi connectivity index (χ2v) is 7.15. The monoisotopic (exact) mass is 333 g/mol. The first kappa shape index (κ1) is 15.7. The largest absolute Gasteiger partial charge is 0.429 e. The normalized spacial score (nSPS) is 18.7. The molecule has 23 heavy (non-hydrogen) atoms. The molecule has 3 rings (SSSR count). The van der Waals surface area contributed by atoms with Crippen molar-refractivity contribution in [1.29, 1.82) is 0 Å². The van der Waals surface area contributed by atoms with E-state index in [-0.39, 0.29) is 28.2 Å². The quantitative estimate of drug-likeness (QED) is 0.828. The summed E-state index contributed by atoms with van der Waals surface area (Å²) in [7, 11) is 0. The standard InChI is InChI=1S/C16H19N3O3S/c1-16(2,3)19-8-10(7-13(19)20)17-14(21)9-4-5-11-12(6-9)22-15(23)18-11/h4-6,10H,7-8H2,1-3H3,(H,17,21)(H,18,23)/t10-/m1/s1. The van der Waals surface area contributed by atoms with Gasteiger partial charge in [0.15, 0.2) is 5.58 Å². The Morgan fingerprint density at radius 3 is 2.83 bits per heavy atom. The third-order valence-electron chi connectivity index (χ3n) is 3.95. The third kappa shape index (κ3) is 3.14. The van der Waals surface area contributed by atoms with Crippen LogP contribution in [0.1, 0.15) is 37.6 Å². The number of likely N-dealkylation sites (tertiary alicyclic amines) is 1. The lowest BCUT2D eigenvalue weighted by Crippen LogP contribution is -2.44. The van der Waals surface area contributed by atoms with Crippen LogP contribution in [0.15, 0.2) is 22.6 Å². The minimum absolute atomic E-state index is 0.0645. The molecule has 0 unspecified atom stereocenters. The van der Waals surface area contributed by atoms with Gasteiger partial charge in [0.1, 0.15) is 0 Å². The minimum atomic E-state index is -0.237. The van der Waals surface area contributed by atoms with Crippen LogP contribution in [0.4, 0.5) is 0 Å². The van der Waals surface area contributed by atoms with Gasteiger partial charge in [-0.15, -0.1) is 0 Å². The van der Waals surface area contributed by atoms with Crippen molar-refractivity contribution in [2.24, 2.45) is 0 Å². The van der Waals surface area contributed by atoms with E-state index in [0.717, 1.165) is 5.52 Å². The van der Waals surface area contributed by atoms with Gasteiger partial charge in [-0.05, 0) is 51.2 Å². The molecular formula is C16H19N3O3S. The van der Waals surface area contributed by atoms with Crippen molar-refractivity contribution >= 4 is 35.1 Å². The molecule has 2 amide bonds. The molecule has 1 fully saturated rings. The van der Waals surface area contributed by atoms with Crippen LogP contribution in [0.25, 0.3) is 11.1 Å². The molecule has 2 N–H and O–H groups in total. The van der Waals surface area contributed by atoms with Crippen molar-refractivity contribution in [1.82, 2.24) is 15.2 Å². The van der Waals surface area contributed by atoms with Crippen LogP contribution in [0.5, 0.6) is 0 Å². The number of carbonyl (C=O) groups is 2. The Kier molecular flexibility index (Phi) is 3.75. The number of carbonyl (C=O) groups excluding carboxylic acids is 2. The maximum absolute atomic E-state index is 12.4. The molecule has 1 atom stereocenters. The number of amides is 2. The molecule has 0 spiro atoms. The van der Waals surface area contributed by atoms with Crippen LogP contribution in [0, 0.1) is 4.84 Å². The molecule has 0 radical (unpaired) electrons. The summed E-state index contributed by atoms with van der Waals surface area (Å²) >= 11 is 4.93. The SMILES string of the molecule is CC(C)(C)N1C[C@H](NC(=O)c2ccc3[nH]c(=S)oc3c2)CC1=O. The second-order valence-electron chi connectivity index (χ2n) is 6.78. The highest BCUT2D eigenvalue weighted by molar-refractivity contribution is 7.71. The molecule has 2 heterocycles. The van der Waals surface area contributed by atoms with Gasteiger partial charge in [-0.25, -0.2) is 0 Å². The summed E-state index contributed by atoms with van der Waals surface area (Å²) in [5, 5.41) is 2.92. The van der Waals surface area contributed by atoms with Gasteiger partial charge in [-0.1, -0.05) is 0 Å². The van der Waals surface area contributed by atoms with Gasteiger partial charge in [0.25, 0.3) is 10.7 Å². The Morgan fingerprint density at radius 1 is 1.43 bits per heavy atom. The van der Waals surface area contributed by atoms with E-state index in [4.69, 9.17) is 16.6 Å². The number of aromatic nitrogens is 1. The molecule has 1 aromatic heterocycles. The number of nitrogens with one attached hydrogen (secondary N) is 2. The Balaban J connectivity index is 1.73. The van der Waals surface area contributed by atoms with Crippen LogP contribution in [-0.2, 0) is 4.79 Å². The lowest BCUT2D eigenvalue weighted by atomic mass is 10.1. The van der Waals surface area contributed by atoms with Gasteiger partial charge in [-0.2, -0.15) is 0 Å². The van der Waals surface area contributed by atoms with E-state index in [1.165, 1.54) is 0 Å². The molecule has 122 valence electrons. The summed E-state index contributed by atoms with van der Waals surface area (Å²) in [5.41, 5.74) is 1.54. The summed E-state index contributed by atoms with van der Waals surface area (Å²) < 4.78 is 5.32. The molecule has 1 saturated heterocycles. The zero-order valence-electron chi connectivity index (χ0n) is 13.3. The Morgan fingerprint density at radius 2 is 2.17 bits per heavy atom. The van der Waals surface area contributed by atoms with Gasteiger partial charge in [0, 0.05) is 24.1 Å². The molecule has 2 aromatic rings. The van der Waals surface area contributed by atoms with E-state index >= 15 is 0 Å². The number of H-pyrrole nitrogens is 1. The topological polar surface area (TPSA) is 78.3 Å². The van der Waals surface area contributed by atoms with Crippen LogP contribution >= 0.6 is 12.2 Å². The van der Waals surface area contributed by atoms with E-state index in [9.17, 15) is 9.59 Å². The fraction of sp³-hybridized carbons (Fsp3) is 0.438. The zero-order valence-corrected chi connectivity index (χ0v) is 14.1. The van der Waals surface area contributed by atoms with Gasteiger partial charge >= 0.3 is 0 Å². The summed E-state index contributed by atoms with van der Waals surface area (Å²) in [5.74, 6) is -0.155. The highest BCUT2D eigenvalue weighted by Crippen LogP contribution is 2.22. The van der Waals surface area contributed by atoms with E-state index in [0.29, 0.717) is 24.1 Å². The number of hydrogen-bond acceptors (Lipinski definition) is 4. The maximum Gasteiger partial charge on any atom is 0.266 e. The van der Waals surface area contributed by atoms with Crippen LogP contribution in [0.2, 0.25) is 0 Å². The summed E-state index contributed by atoms with van der Waals surface area (Å²) in [6, 6.07) is 4.93. The smallest absolute Gasteiger partial charge is 0.266 e. The summed E-state index contributed by atoms with van der Waals surface area (Å²) in [6.45, 7) is 6.50. The van der Waals surface area contributed by atoms with Gasteiger partial charge in [-0.3, -0.25) is 9.59 Å². The second kappa shape index (κ2) is 5.49. The number of hydrogen-bond donors (Lipinski definition) is 2. The lowest BCUT2D eigenvalue weighted by molar-refractivity contribution is -0.131. The average molecular weight is 333 g/mol. The molecule has 7 heteroatoms. The first-order valence-electron chi connectivity index (χ1n) is 7.48. The van der Waals surface area contributed by atoms with E-state index in [2.05, 4.69) is 10.3 Å². The molecule has 6 nitrogen and oxygen atoms in total. The van der Waals surface area contributed by atoms with Crippen molar-refractivity contribution in [3.05, 3.63) is 28.6 Å². The Hall–Kier alpha value is -2.15. The van der Waals surface area contributed by atoms with Crippen LogP contribution in [0.3, 0.4) is 0 Å². The molecule has 1 aromatic carbocycles. The molecule has 0 aliphatic carbocycles. The predicted molar refractivity (Wildman–Crippen MR) is 88.7 cm³/mol. The first-order chi connectivity index (χ1) is 10.7. The zero-order chi connectivity index (χ0) is 16.8. The highest BCUT2D eigenvalue weighted by Gasteiger charge is 2.36. The number of benzene rings is 1.